The van der Waals surface area contributed by atoms with Gasteiger partial charge < -0.3 is 5.32 Å². The fourth-order valence-electron chi connectivity index (χ4n) is 2.83. The van der Waals surface area contributed by atoms with Gasteiger partial charge >= 0.3 is 0 Å². The minimum atomic E-state index is -0.147. The standard InChI is InChI=1S/C21H17N3O2S2/c1-14-6-5-9-16(12-14)24-20(26)19-17(10-11-27-19)23-21(24)28-13-18(25)22-15-7-3-2-4-8-15/h2-12H,13H2,1H3,(H,22,25). The number of benzene rings is 2. The number of nitrogens with one attached hydrogen (secondary N) is 1. The number of hydrogen-bond donors (Lipinski definition) is 1. The molecule has 4 aromatic rings. The number of rotatable bonds is 5. The van der Waals surface area contributed by atoms with E-state index in [-0.39, 0.29) is 17.2 Å². The average molecular weight is 408 g/mol. The van der Waals surface area contributed by atoms with Crippen LogP contribution < -0.4 is 10.9 Å². The first kappa shape index (κ1) is 18.5. The maximum Gasteiger partial charge on any atom is 0.276 e. The Morgan fingerprint density at radius 3 is 2.75 bits per heavy atom. The van der Waals surface area contributed by atoms with Crippen LogP contribution in [-0.4, -0.2) is 21.2 Å². The van der Waals surface area contributed by atoms with Gasteiger partial charge in [-0.05, 0) is 48.2 Å². The fourth-order valence-corrected chi connectivity index (χ4v) is 4.40. The Bertz CT molecular complexity index is 1200. The van der Waals surface area contributed by atoms with Crippen LogP contribution in [0.25, 0.3) is 15.9 Å². The summed E-state index contributed by atoms with van der Waals surface area (Å²) >= 11 is 2.63. The van der Waals surface area contributed by atoms with Crippen LogP contribution in [0, 0.1) is 6.92 Å². The predicted octanol–water partition coefficient (Wildman–Crippen LogP) is 4.49. The normalized spacial score (nSPS) is 10.9. The fraction of sp³-hybridized carbons (Fsp3) is 0.0952. The lowest BCUT2D eigenvalue weighted by Gasteiger charge is -2.12. The Balaban J connectivity index is 1.67. The quantitative estimate of drug-likeness (QED) is 0.391. The molecule has 2 aromatic carbocycles. The molecule has 2 heterocycles. The van der Waals surface area contributed by atoms with Gasteiger partial charge in [0.1, 0.15) is 4.70 Å². The topological polar surface area (TPSA) is 64.0 Å². The summed E-state index contributed by atoms with van der Waals surface area (Å²) in [4.78, 5) is 30.1. The highest BCUT2D eigenvalue weighted by Gasteiger charge is 2.16. The molecule has 0 bridgehead atoms. The largest absolute Gasteiger partial charge is 0.325 e. The number of aryl methyl sites for hydroxylation is 1. The van der Waals surface area contributed by atoms with E-state index in [1.165, 1.54) is 23.1 Å². The summed E-state index contributed by atoms with van der Waals surface area (Å²) in [6, 6.07) is 18.8. The van der Waals surface area contributed by atoms with Crippen molar-refractivity contribution in [1.29, 1.82) is 0 Å². The second-order valence-corrected chi connectivity index (χ2v) is 8.07. The monoisotopic (exact) mass is 407 g/mol. The van der Waals surface area contributed by atoms with Gasteiger partial charge in [0.05, 0.1) is 17.0 Å². The zero-order valence-corrected chi connectivity index (χ0v) is 16.7. The van der Waals surface area contributed by atoms with Crippen LogP contribution >= 0.6 is 23.1 Å². The van der Waals surface area contributed by atoms with Gasteiger partial charge in [-0.25, -0.2) is 4.98 Å². The third kappa shape index (κ3) is 3.85. The zero-order chi connectivity index (χ0) is 19.5. The van der Waals surface area contributed by atoms with Gasteiger partial charge in [-0.15, -0.1) is 11.3 Å². The number of carbonyl (C=O) groups excluding carboxylic acids is 1. The SMILES string of the molecule is Cc1cccc(-n2c(SCC(=O)Nc3ccccc3)nc3ccsc3c2=O)c1. The number of amides is 1. The van der Waals surface area contributed by atoms with Gasteiger partial charge in [-0.3, -0.25) is 14.2 Å². The summed E-state index contributed by atoms with van der Waals surface area (Å²) in [5.41, 5.74) is 3.08. The molecule has 1 amide bonds. The zero-order valence-electron chi connectivity index (χ0n) is 15.1. The van der Waals surface area contributed by atoms with Crippen molar-refractivity contribution in [3.63, 3.8) is 0 Å². The molecule has 0 saturated heterocycles. The summed E-state index contributed by atoms with van der Waals surface area (Å²) in [6.45, 7) is 1.98. The third-order valence-corrected chi connectivity index (χ3v) is 5.93. The molecule has 0 unspecified atom stereocenters. The van der Waals surface area contributed by atoms with Crippen LogP contribution in [0.2, 0.25) is 0 Å². The van der Waals surface area contributed by atoms with Gasteiger partial charge in [0.2, 0.25) is 5.91 Å². The first-order valence-electron chi connectivity index (χ1n) is 8.67. The van der Waals surface area contributed by atoms with E-state index in [9.17, 15) is 9.59 Å². The van der Waals surface area contributed by atoms with Crippen LogP contribution in [0.1, 0.15) is 5.56 Å². The van der Waals surface area contributed by atoms with Crippen LogP contribution in [0.3, 0.4) is 0 Å². The number of para-hydroxylation sites is 1. The minimum Gasteiger partial charge on any atom is -0.325 e. The first-order valence-corrected chi connectivity index (χ1v) is 10.5. The molecule has 0 spiro atoms. The van der Waals surface area contributed by atoms with Gasteiger partial charge in [0.25, 0.3) is 5.56 Å². The second-order valence-electron chi connectivity index (χ2n) is 6.21. The lowest BCUT2D eigenvalue weighted by Crippen LogP contribution is -2.22. The van der Waals surface area contributed by atoms with Gasteiger partial charge in [-0.1, -0.05) is 42.1 Å². The van der Waals surface area contributed by atoms with E-state index < -0.39 is 0 Å². The van der Waals surface area contributed by atoms with Crippen molar-refractivity contribution >= 4 is 44.9 Å². The summed E-state index contributed by atoms with van der Waals surface area (Å²) < 4.78 is 2.20. The van der Waals surface area contributed by atoms with Gasteiger partial charge in [0, 0.05) is 5.69 Å². The molecule has 0 aliphatic carbocycles. The average Bonchev–Trinajstić information content (AvgIpc) is 3.16. The lowest BCUT2D eigenvalue weighted by atomic mass is 10.2. The maximum atomic E-state index is 13.1. The molecule has 0 fully saturated rings. The van der Waals surface area contributed by atoms with Crippen LogP contribution in [-0.2, 0) is 4.79 Å². The Hall–Kier alpha value is -2.90. The Labute approximate surface area is 170 Å². The maximum absolute atomic E-state index is 13.1. The smallest absolute Gasteiger partial charge is 0.276 e. The van der Waals surface area contributed by atoms with Gasteiger partial charge in [0.15, 0.2) is 5.16 Å². The van der Waals surface area contributed by atoms with E-state index in [4.69, 9.17) is 0 Å². The molecule has 0 saturated carbocycles. The van der Waals surface area contributed by atoms with Crippen LogP contribution in [0.4, 0.5) is 5.69 Å². The number of nitrogens with zero attached hydrogens (tertiary/aromatic N) is 2. The highest BCUT2D eigenvalue weighted by molar-refractivity contribution is 7.99. The molecule has 0 radical (unpaired) electrons. The van der Waals surface area contributed by atoms with E-state index in [1.54, 1.807) is 4.57 Å². The molecule has 7 heteroatoms. The molecule has 1 N–H and O–H groups in total. The van der Waals surface area contributed by atoms with E-state index in [1.807, 2.05) is 73.0 Å². The summed E-state index contributed by atoms with van der Waals surface area (Å²) in [7, 11) is 0. The van der Waals surface area contributed by atoms with E-state index in [0.717, 1.165) is 16.9 Å². The molecular weight excluding hydrogens is 390 g/mol. The summed E-state index contributed by atoms with van der Waals surface area (Å²) in [5, 5.41) is 5.22. The van der Waals surface area contributed by atoms with E-state index >= 15 is 0 Å². The Morgan fingerprint density at radius 1 is 1.14 bits per heavy atom. The second kappa shape index (κ2) is 8.00. The molecule has 0 atom stereocenters. The number of aromatic nitrogens is 2. The molecular formula is C21H17N3O2S2. The highest BCUT2D eigenvalue weighted by atomic mass is 32.2. The van der Waals surface area contributed by atoms with Crippen molar-refractivity contribution in [2.45, 2.75) is 12.1 Å². The van der Waals surface area contributed by atoms with Crippen molar-refractivity contribution in [3.8, 4) is 5.69 Å². The molecule has 0 aliphatic rings. The molecule has 28 heavy (non-hydrogen) atoms. The van der Waals surface area contributed by atoms with Crippen molar-refractivity contribution in [2.24, 2.45) is 0 Å². The lowest BCUT2D eigenvalue weighted by molar-refractivity contribution is -0.113. The molecule has 5 nitrogen and oxygen atoms in total. The summed E-state index contributed by atoms with van der Waals surface area (Å²) in [6.07, 6.45) is 0. The van der Waals surface area contributed by atoms with Crippen LogP contribution in [0.5, 0.6) is 0 Å². The molecule has 2 aromatic heterocycles. The highest BCUT2D eigenvalue weighted by Crippen LogP contribution is 2.24. The van der Waals surface area contributed by atoms with Crippen molar-refractivity contribution in [1.82, 2.24) is 9.55 Å². The van der Waals surface area contributed by atoms with Crippen LogP contribution in [0.15, 0.2) is 76.0 Å². The molecule has 4 rings (SSSR count). The van der Waals surface area contributed by atoms with Crippen molar-refractivity contribution in [2.75, 3.05) is 11.1 Å². The number of thiophene rings is 1. The number of fused-ring (bicyclic) bond motifs is 1. The van der Waals surface area contributed by atoms with E-state index in [0.29, 0.717) is 15.4 Å². The number of carbonyl (C=O) groups is 1. The first-order chi connectivity index (χ1) is 13.6. The van der Waals surface area contributed by atoms with Crippen molar-refractivity contribution < 1.29 is 4.79 Å². The third-order valence-electron chi connectivity index (χ3n) is 4.10. The Kier molecular flexibility index (Phi) is 5.27. The molecule has 0 aliphatic heterocycles. The number of hydrogen-bond acceptors (Lipinski definition) is 5. The Morgan fingerprint density at radius 2 is 1.96 bits per heavy atom. The minimum absolute atomic E-state index is 0.114. The number of anilines is 1. The van der Waals surface area contributed by atoms with Gasteiger partial charge in [-0.2, -0.15) is 0 Å². The molecule has 140 valence electrons. The van der Waals surface area contributed by atoms with Crippen molar-refractivity contribution in [3.05, 3.63) is 82.0 Å². The summed E-state index contributed by atoms with van der Waals surface area (Å²) in [5.74, 6) is 0.00894. The van der Waals surface area contributed by atoms with E-state index in [2.05, 4.69) is 10.3 Å². The predicted molar refractivity (Wildman–Crippen MR) is 116 cm³/mol. The number of thioether (sulfide) groups is 1.